The lowest BCUT2D eigenvalue weighted by molar-refractivity contribution is -0.132. The van der Waals surface area contributed by atoms with Gasteiger partial charge in [-0.3, -0.25) is 4.79 Å². The Kier molecular flexibility index (Phi) is 4.39. The number of rotatable bonds is 4. The van der Waals surface area contributed by atoms with Gasteiger partial charge < -0.3 is 5.32 Å². The van der Waals surface area contributed by atoms with Crippen LogP contribution >= 0.6 is 0 Å². The van der Waals surface area contributed by atoms with Crippen LogP contribution in [0.5, 0.6) is 0 Å². The standard InChI is InChI=1S/C11H13F2NO3S/c1-7(14-11(15)10(12)13)8-3-5-9(6-4-8)18(2,16)17/h3-7,10H,1-2H3,(H,14,15). The van der Waals surface area contributed by atoms with Gasteiger partial charge in [0.2, 0.25) is 0 Å². The molecule has 0 saturated heterocycles. The van der Waals surface area contributed by atoms with Crippen molar-refractivity contribution >= 4 is 15.7 Å². The SMILES string of the molecule is CC(NC(=O)C(F)F)c1ccc(S(C)(=O)=O)cc1. The molecule has 1 aromatic carbocycles. The van der Waals surface area contributed by atoms with Crippen molar-refractivity contribution in [2.24, 2.45) is 0 Å². The van der Waals surface area contributed by atoms with Gasteiger partial charge in [0.1, 0.15) is 0 Å². The zero-order valence-electron chi connectivity index (χ0n) is 9.85. The first kappa shape index (κ1) is 14.6. The minimum absolute atomic E-state index is 0.138. The highest BCUT2D eigenvalue weighted by Gasteiger charge is 2.18. The number of hydrogen-bond donors (Lipinski definition) is 1. The molecule has 0 bridgehead atoms. The molecule has 1 aromatic rings. The summed E-state index contributed by atoms with van der Waals surface area (Å²) < 4.78 is 46.5. The van der Waals surface area contributed by atoms with Crippen LogP contribution in [0, 0.1) is 0 Å². The molecular formula is C11H13F2NO3S. The Hall–Kier alpha value is -1.50. The molecule has 0 aliphatic carbocycles. The fourth-order valence-corrected chi connectivity index (χ4v) is 1.99. The summed E-state index contributed by atoms with van der Waals surface area (Å²) in [5, 5.41) is 2.12. The van der Waals surface area contributed by atoms with E-state index in [1.165, 1.54) is 31.2 Å². The number of nitrogens with one attached hydrogen (secondary N) is 1. The first-order valence-corrected chi connectivity index (χ1v) is 6.99. The van der Waals surface area contributed by atoms with Crippen molar-refractivity contribution in [1.29, 1.82) is 0 Å². The third-order valence-electron chi connectivity index (χ3n) is 2.37. The number of carbonyl (C=O) groups is 1. The Labute approximate surface area is 104 Å². The molecule has 1 rings (SSSR count). The molecule has 0 heterocycles. The number of amides is 1. The van der Waals surface area contributed by atoms with Crippen LogP contribution in [0.1, 0.15) is 18.5 Å². The lowest BCUT2D eigenvalue weighted by Gasteiger charge is -2.14. The molecule has 0 radical (unpaired) electrons. The van der Waals surface area contributed by atoms with Gasteiger partial charge in [-0.1, -0.05) is 12.1 Å². The number of alkyl halides is 2. The highest BCUT2D eigenvalue weighted by Crippen LogP contribution is 2.16. The molecule has 0 aliphatic heterocycles. The zero-order valence-corrected chi connectivity index (χ0v) is 10.7. The van der Waals surface area contributed by atoms with E-state index < -0.39 is 28.2 Å². The van der Waals surface area contributed by atoms with Gasteiger partial charge in [-0.25, -0.2) is 8.42 Å². The first-order valence-electron chi connectivity index (χ1n) is 5.10. The van der Waals surface area contributed by atoms with Crippen LogP contribution < -0.4 is 5.32 Å². The molecule has 0 fully saturated rings. The van der Waals surface area contributed by atoms with E-state index in [0.717, 1.165) is 6.26 Å². The summed E-state index contributed by atoms with van der Waals surface area (Å²) >= 11 is 0. The summed E-state index contributed by atoms with van der Waals surface area (Å²) in [6.45, 7) is 1.54. The second kappa shape index (κ2) is 5.43. The molecule has 0 spiro atoms. The summed E-state index contributed by atoms with van der Waals surface area (Å²) in [5.74, 6) is -1.35. The molecule has 0 aliphatic rings. The van der Waals surface area contributed by atoms with Gasteiger partial charge in [0.15, 0.2) is 9.84 Å². The molecule has 0 saturated carbocycles. The zero-order chi connectivity index (χ0) is 13.9. The van der Waals surface area contributed by atoms with Crippen LogP contribution in [-0.2, 0) is 14.6 Å². The summed E-state index contributed by atoms with van der Waals surface area (Å²) in [7, 11) is -3.29. The summed E-state index contributed by atoms with van der Waals surface area (Å²) in [6, 6.07) is 5.09. The minimum atomic E-state index is -3.29. The van der Waals surface area contributed by atoms with Crippen molar-refractivity contribution in [2.45, 2.75) is 24.3 Å². The second-order valence-electron chi connectivity index (χ2n) is 3.87. The third-order valence-corrected chi connectivity index (χ3v) is 3.49. The summed E-state index contributed by atoms with van der Waals surface area (Å²) in [6.07, 6.45) is -1.99. The van der Waals surface area contributed by atoms with Gasteiger partial charge in [0.05, 0.1) is 10.9 Å². The maximum atomic E-state index is 12.0. The van der Waals surface area contributed by atoms with Crippen molar-refractivity contribution in [1.82, 2.24) is 5.32 Å². The fraction of sp³-hybridized carbons (Fsp3) is 0.364. The van der Waals surface area contributed by atoms with E-state index in [1.807, 2.05) is 0 Å². The topological polar surface area (TPSA) is 63.2 Å². The summed E-state index contributed by atoms with van der Waals surface area (Å²) in [4.78, 5) is 10.9. The number of benzene rings is 1. The average molecular weight is 277 g/mol. The fourth-order valence-electron chi connectivity index (χ4n) is 1.36. The molecule has 1 atom stereocenters. The molecular weight excluding hydrogens is 264 g/mol. The number of carbonyl (C=O) groups excluding carboxylic acids is 1. The van der Waals surface area contributed by atoms with Crippen LogP contribution in [0.25, 0.3) is 0 Å². The van der Waals surface area contributed by atoms with Crippen molar-refractivity contribution < 1.29 is 22.0 Å². The predicted molar refractivity (Wildman–Crippen MR) is 62.1 cm³/mol. The Morgan fingerprint density at radius 3 is 2.11 bits per heavy atom. The van der Waals surface area contributed by atoms with Crippen LogP contribution in [0.4, 0.5) is 8.78 Å². The van der Waals surface area contributed by atoms with Gasteiger partial charge >= 0.3 is 6.43 Å². The average Bonchev–Trinajstić information content (AvgIpc) is 2.27. The van der Waals surface area contributed by atoms with Crippen LogP contribution in [0.3, 0.4) is 0 Å². The van der Waals surface area contributed by atoms with Gasteiger partial charge in [-0.2, -0.15) is 8.78 Å². The molecule has 1 N–H and O–H groups in total. The van der Waals surface area contributed by atoms with Gasteiger partial charge in [0, 0.05) is 6.26 Å². The van der Waals surface area contributed by atoms with E-state index >= 15 is 0 Å². The van der Waals surface area contributed by atoms with E-state index in [4.69, 9.17) is 0 Å². The minimum Gasteiger partial charge on any atom is -0.345 e. The Bertz CT molecular complexity index is 526. The molecule has 1 amide bonds. The van der Waals surface area contributed by atoms with Crippen molar-refractivity contribution in [3.63, 3.8) is 0 Å². The van der Waals surface area contributed by atoms with Gasteiger partial charge in [0.25, 0.3) is 5.91 Å². The van der Waals surface area contributed by atoms with Crippen molar-refractivity contribution in [3.8, 4) is 0 Å². The lowest BCUT2D eigenvalue weighted by Crippen LogP contribution is -2.31. The number of hydrogen-bond acceptors (Lipinski definition) is 3. The van der Waals surface area contributed by atoms with E-state index in [9.17, 15) is 22.0 Å². The van der Waals surface area contributed by atoms with Crippen molar-refractivity contribution in [3.05, 3.63) is 29.8 Å². The first-order chi connectivity index (χ1) is 8.21. The van der Waals surface area contributed by atoms with E-state index in [-0.39, 0.29) is 4.90 Å². The Morgan fingerprint density at radius 2 is 1.72 bits per heavy atom. The third kappa shape index (κ3) is 3.76. The predicted octanol–water partition coefficient (Wildman–Crippen LogP) is 1.53. The van der Waals surface area contributed by atoms with Gasteiger partial charge in [-0.05, 0) is 24.6 Å². The summed E-state index contributed by atoms with van der Waals surface area (Å²) in [5.41, 5.74) is 0.552. The maximum Gasteiger partial charge on any atom is 0.315 e. The molecule has 100 valence electrons. The molecule has 7 heteroatoms. The number of sulfone groups is 1. The molecule has 0 aromatic heterocycles. The van der Waals surface area contributed by atoms with Gasteiger partial charge in [-0.15, -0.1) is 0 Å². The lowest BCUT2D eigenvalue weighted by atomic mass is 10.1. The normalized spacial score (nSPS) is 13.4. The van der Waals surface area contributed by atoms with Crippen molar-refractivity contribution in [2.75, 3.05) is 6.26 Å². The second-order valence-corrected chi connectivity index (χ2v) is 5.89. The molecule has 4 nitrogen and oxygen atoms in total. The van der Waals surface area contributed by atoms with E-state index in [0.29, 0.717) is 5.56 Å². The molecule has 1 unspecified atom stereocenters. The van der Waals surface area contributed by atoms with E-state index in [1.54, 1.807) is 0 Å². The Balaban J connectivity index is 2.83. The van der Waals surface area contributed by atoms with Crippen LogP contribution in [0.15, 0.2) is 29.2 Å². The highest BCUT2D eigenvalue weighted by molar-refractivity contribution is 7.90. The molecule has 18 heavy (non-hydrogen) atoms. The maximum absolute atomic E-state index is 12.0. The smallest absolute Gasteiger partial charge is 0.315 e. The van der Waals surface area contributed by atoms with Crippen LogP contribution in [-0.4, -0.2) is 27.0 Å². The monoisotopic (exact) mass is 277 g/mol. The quantitative estimate of drug-likeness (QED) is 0.907. The van der Waals surface area contributed by atoms with Crippen LogP contribution in [0.2, 0.25) is 0 Å². The van der Waals surface area contributed by atoms with E-state index in [2.05, 4.69) is 5.32 Å². The number of halogens is 2. The Morgan fingerprint density at radius 1 is 1.22 bits per heavy atom. The largest absolute Gasteiger partial charge is 0.345 e. The highest BCUT2D eigenvalue weighted by atomic mass is 32.2.